The minimum Gasteiger partial charge on any atom is -0.323 e. The number of urea groups is 1. The SMILES string of the molecule is O=C(CCCN1C(=O)NC2(CCCC2)C1=O)Nc1nc(-c2cccs2)cs1. The van der Waals surface area contributed by atoms with Crippen LogP contribution in [0, 0.1) is 0 Å². The van der Waals surface area contributed by atoms with Gasteiger partial charge in [-0.3, -0.25) is 14.5 Å². The first-order valence-corrected chi connectivity index (χ1v) is 10.8. The average Bonchev–Trinajstić information content (AvgIpc) is 3.40. The molecule has 7 nitrogen and oxygen atoms in total. The highest BCUT2D eigenvalue weighted by Crippen LogP contribution is 2.35. The van der Waals surface area contributed by atoms with Gasteiger partial charge in [0.25, 0.3) is 5.91 Å². The van der Waals surface area contributed by atoms with Crippen molar-refractivity contribution in [1.29, 1.82) is 0 Å². The van der Waals surface area contributed by atoms with Gasteiger partial charge in [-0.2, -0.15) is 0 Å². The Morgan fingerprint density at radius 3 is 2.85 bits per heavy atom. The molecule has 1 aliphatic carbocycles. The molecule has 1 saturated heterocycles. The van der Waals surface area contributed by atoms with Crippen molar-refractivity contribution in [3.05, 3.63) is 22.9 Å². The average molecular weight is 405 g/mol. The van der Waals surface area contributed by atoms with Crippen LogP contribution in [-0.2, 0) is 9.59 Å². The first kappa shape index (κ1) is 18.1. The van der Waals surface area contributed by atoms with Gasteiger partial charge in [-0.25, -0.2) is 9.78 Å². The number of anilines is 1. The van der Waals surface area contributed by atoms with Gasteiger partial charge in [-0.05, 0) is 30.7 Å². The largest absolute Gasteiger partial charge is 0.325 e. The van der Waals surface area contributed by atoms with Gasteiger partial charge in [0.05, 0.1) is 10.6 Å². The number of imide groups is 1. The van der Waals surface area contributed by atoms with Crippen molar-refractivity contribution < 1.29 is 14.4 Å². The van der Waals surface area contributed by atoms with Gasteiger partial charge in [-0.1, -0.05) is 18.9 Å². The van der Waals surface area contributed by atoms with E-state index in [1.807, 2.05) is 22.9 Å². The predicted octanol–water partition coefficient (Wildman–Crippen LogP) is 3.45. The molecule has 1 spiro atoms. The number of nitrogens with one attached hydrogen (secondary N) is 2. The summed E-state index contributed by atoms with van der Waals surface area (Å²) in [6.07, 6.45) is 4.02. The fourth-order valence-corrected chi connectivity index (χ4v) is 5.13. The molecule has 0 atom stereocenters. The second-order valence-electron chi connectivity index (χ2n) is 6.84. The fourth-order valence-electron chi connectivity index (χ4n) is 3.64. The van der Waals surface area contributed by atoms with Crippen LogP contribution in [0.4, 0.5) is 9.93 Å². The van der Waals surface area contributed by atoms with Crippen LogP contribution in [0.2, 0.25) is 0 Å². The number of aromatic nitrogens is 1. The molecule has 0 aromatic carbocycles. The molecule has 1 saturated carbocycles. The van der Waals surface area contributed by atoms with Crippen molar-refractivity contribution >= 4 is 45.7 Å². The first-order valence-electron chi connectivity index (χ1n) is 9.01. The zero-order valence-corrected chi connectivity index (χ0v) is 16.3. The lowest BCUT2D eigenvalue weighted by molar-refractivity contribution is -0.131. The van der Waals surface area contributed by atoms with Crippen LogP contribution in [-0.4, -0.2) is 39.8 Å². The highest BCUT2D eigenvalue weighted by molar-refractivity contribution is 7.16. The van der Waals surface area contributed by atoms with E-state index in [1.54, 1.807) is 11.3 Å². The minimum absolute atomic E-state index is 0.133. The molecule has 2 aliphatic rings. The summed E-state index contributed by atoms with van der Waals surface area (Å²) in [6.45, 7) is 0.262. The predicted molar refractivity (Wildman–Crippen MR) is 105 cm³/mol. The van der Waals surface area contributed by atoms with Crippen LogP contribution in [0.25, 0.3) is 10.6 Å². The molecular formula is C18H20N4O3S2. The third-order valence-corrected chi connectivity index (χ3v) is 6.66. The highest BCUT2D eigenvalue weighted by atomic mass is 32.1. The van der Waals surface area contributed by atoms with Crippen molar-refractivity contribution in [3.8, 4) is 10.6 Å². The lowest BCUT2D eigenvalue weighted by Crippen LogP contribution is -2.44. The number of thiazole rings is 1. The Hall–Kier alpha value is -2.26. The second-order valence-corrected chi connectivity index (χ2v) is 8.65. The van der Waals surface area contributed by atoms with Gasteiger partial charge < -0.3 is 10.6 Å². The van der Waals surface area contributed by atoms with E-state index >= 15 is 0 Å². The standard InChI is InChI=1S/C18H20N4O3S2/c23-14(20-16-19-12(11-27-16)13-5-4-10-26-13)6-3-9-22-15(24)18(21-17(22)25)7-1-2-8-18/h4-5,10-11H,1-3,6-9H2,(H,21,25)(H,19,20,23). The third kappa shape index (κ3) is 3.61. The van der Waals surface area contributed by atoms with E-state index < -0.39 is 5.54 Å². The quantitative estimate of drug-likeness (QED) is 0.722. The van der Waals surface area contributed by atoms with E-state index in [9.17, 15) is 14.4 Å². The van der Waals surface area contributed by atoms with Crippen LogP contribution in [0.15, 0.2) is 22.9 Å². The molecule has 3 heterocycles. The lowest BCUT2D eigenvalue weighted by atomic mass is 9.98. The van der Waals surface area contributed by atoms with E-state index in [-0.39, 0.29) is 30.8 Å². The Balaban J connectivity index is 1.26. The molecule has 142 valence electrons. The smallest absolute Gasteiger partial charge is 0.323 e. The molecule has 0 radical (unpaired) electrons. The van der Waals surface area contributed by atoms with Gasteiger partial charge in [0.2, 0.25) is 5.91 Å². The molecule has 0 bridgehead atoms. The summed E-state index contributed by atoms with van der Waals surface area (Å²) in [7, 11) is 0. The lowest BCUT2D eigenvalue weighted by Gasteiger charge is -2.19. The Morgan fingerprint density at radius 1 is 1.30 bits per heavy atom. The van der Waals surface area contributed by atoms with Crippen molar-refractivity contribution in [2.24, 2.45) is 0 Å². The zero-order chi connectivity index (χ0) is 18.9. The zero-order valence-electron chi connectivity index (χ0n) is 14.7. The summed E-state index contributed by atoms with van der Waals surface area (Å²) in [4.78, 5) is 43.6. The minimum atomic E-state index is -0.682. The number of thiophene rings is 1. The fraction of sp³-hybridized carbons (Fsp3) is 0.444. The van der Waals surface area contributed by atoms with Crippen molar-refractivity contribution in [2.45, 2.75) is 44.1 Å². The molecule has 4 amide bonds. The number of hydrogen-bond donors (Lipinski definition) is 2. The molecule has 0 unspecified atom stereocenters. The van der Waals surface area contributed by atoms with E-state index in [4.69, 9.17) is 0 Å². The molecule has 1 aliphatic heterocycles. The number of hydrogen-bond acceptors (Lipinski definition) is 6. The number of rotatable bonds is 6. The maximum atomic E-state index is 12.6. The first-order chi connectivity index (χ1) is 13.1. The summed E-state index contributed by atoms with van der Waals surface area (Å²) >= 11 is 2.98. The molecule has 2 aromatic rings. The maximum Gasteiger partial charge on any atom is 0.325 e. The number of amides is 4. The maximum absolute atomic E-state index is 12.6. The topological polar surface area (TPSA) is 91.4 Å². The Morgan fingerprint density at radius 2 is 2.11 bits per heavy atom. The number of carbonyl (C=O) groups is 3. The molecule has 27 heavy (non-hydrogen) atoms. The summed E-state index contributed by atoms with van der Waals surface area (Å²) < 4.78 is 0. The van der Waals surface area contributed by atoms with E-state index in [2.05, 4.69) is 15.6 Å². The van der Waals surface area contributed by atoms with Crippen LogP contribution in [0.1, 0.15) is 38.5 Å². The van der Waals surface area contributed by atoms with Crippen LogP contribution in [0.5, 0.6) is 0 Å². The summed E-state index contributed by atoms with van der Waals surface area (Å²) in [5.41, 5.74) is 0.171. The van der Waals surface area contributed by atoms with Crippen molar-refractivity contribution in [1.82, 2.24) is 15.2 Å². The van der Waals surface area contributed by atoms with E-state index in [1.165, 1.54) is 16.2 Å². The molecule has 9 heteroatoms. The van der Waals surface area contributed by atoms with Crippen molar-refractivity contribution in [3.63, 3.8) is 0 Å². The Labute approximate surface area is 164 Å². The van der Waals surface area contributed by atoms with Crippen LogP contribution < -0.4 is 10.6 Å². The molecule has 2 N–H and O–H groups in total. The Bertz CT molecular complexity index is 856. The summed E-state index contributed by atoms with van der Waals surface area (Å²) in [5, 5.41) is 10.1. The molecule has 4 rings (SSSR count). The normalized spacial score (nSPS) is 18.3. The number of nitrogens with zero attached hydrogens (tertiary/aromatic N) is 2. The Kier molecular flexibility index (Phi) is 4.96. The number of carbonyl (C=O) groups excluding carboxylic acids is 3. The van der Waals surface area contributed by atoms with Gasteiger partial charge in [-0.15, -0.1) is 22.7 Å². The van der Waals surface area contributed by atoms with Crippen LogP contribution >= 0.6 is 22.7 Å². The summed E-state index contributed by atoms with van der Waals surface area (Å²) in [5.74, 6) is -0.296. The van der Waals surface area contributed by atoms with Crippen LogP contribution in [0.3, 0.4) is 0 Å². The monoisotopic (exact) mass is 404 g/mol. The van der Waals surface area contributed by atoms with Crippen molar-refractivity contribution in [2.75, 3.05) is 11.9 Å². The highest BCUT2D eigenvalue weighted by Gasteiger charge is 2.51. The van der Waals surface area contributed by atoms with Gasteiger partial charge in [0.1, 0.15) is 5.54 Å². The van der Waals surface area contributed by atoms with E-state index in [0.29, 0.717) is 24.4 Å². The molecule has 2 fully saturated rings. The summed E-state index contributed by atoms with van der Waals surface area (Å²) in [6, 6.07) is 3.62. The van der Waals surface area contributed by atoms with Gasteiger partial charge in [0, 0.05) is 18.3 Å². The van der Waals surface area contributed by atoms with Gasteiger partial charge in [0.15, 0.2) is 5.13 Å². The van der Waals surface area contributed by atoms with Gasteiger partial charge >= 0.3 is 6.03 Å². The second kappa shape index (κ2) is 7.40. The van der Waals surface area contributed by atoms with E-state index in [0.717, 1.165) is 23.4 Å². The molecule has 2 aromatic heterocycles. The molecular weight excluding hydrogens is 384 g/mol. The third-order valence-electron chi connectivity index (χ3n) is 5.01.